The smallest absolute Gasteiger partial charge is 0.251 e. The Kier molecular flexibility index (Phi) is 7.35. The Hall–Kier alpha value is -3.67. The summed E-state index contributed by atoms with van der Waals surface area (Å²) in [5, 5.41) is 2.96. The highest BCUT2D eigenvalue weighted by molar-refractivity contribution is 5.94. The van der Waals surface area contributed by atoms with Gasteiger partial charge in [0.15, 0.2) is 0 Å². The van der Waals surface area contributed by atoms with E-state index in [4.69, 9.17) is 9.72 Å². The van der Waals surface area contributed by atoms with Crippen molar-refractivity contribution in [3.63, 3.8) is 0 Å². The zero-order valence-corrected chi connectivity index (χ0v) is 18.8. The van der Waals surface area contributed by atoms with Crippen LogP contribution in [-0.2, 0) is 13.0 Å². The molecule has 1 amide bonds. The summed E-state index contributed by atoms with van der Waals surface area (Å²) in [6, 6.07) is 21.9. The Morgan fingerprint density at radius 1 is 0.970 bits per heavy atom. The first kappa shape index (κ1) is 22.5. The fraction of sp³-hybridized carbons (Fsp3) is 0.259. The number of aryl methyl sites for hydroxylation is 1. The third-order valence-electron chi connectivity index (χ3n) is 5.73. The van der Waals surface area contributed by atoms with Crippen molar-refractivity contribution < 1.29 is 13.9 Å². The number of imidazole rings is 1. The highest BCUT2D eigenvalue weighted by Gasteiger charge is 2.12. The molecule has 0 atom stereocenters. The molecule has 170 valence electrons. The number of rotatable bonds is 10. The van der Waals surface area contributed by atoms with Crippen LogP contribution in [0.5, 0.6) is 5.75 Å². The number of para-hydroxylation sites is 2. The van der Waals surface area contributed by atoms with Gasteiger partial charge in [-0.25, -0.2) is 9.37 Å². The number of hydrogen-bond donors (Lipinski definition) is 1. The first-order chi connectivity index (χ1) is 16.2. The number of aromatic nitrogens is 2. The highest BCUT2D eigenvalue weighted by Crippen LogP contribution is 2.20. The largest absolute Gasteiger partial charge is 0.497 e. The molecule has 0 spiro atoms. The topological polar surface area (TPSA) is 56.1 Å². The van der Waals surface area contributed by atoms with Crippen LogP contribution in [0.15, 0.2) is 72.8 Å². The Morgan fingerprint density at radius 2 is 1.73 bits per heavy atom. The van der Waals surface area contributed by atoms with Crippen molar-refractivity contribution in [2.45, 2.75) is 32.2 Å². The highest BCUT2D eigenvalue weighted by atomic mass is 19.1. The fourth-order valence-electron chi connectivity index (χ4n) is 3.92. The summed E-state index contributed by atoms with van der Waals surface area (Å²) in [6.45, 7) is 1.08. The maximum absolute atomic E-state index is 14.3. The van der Waals surface area contributed by atoms with Crippen molar-refractivity contribution in [2.75, 3.05) is 13.7 Å². The molecule has 0 aliphatic heterocycles. The molecule has 6 heteroatoms. The molecule has 1 heterocycles. The van der Waals surface area contributed by atoms with E-state index in [2.05, 4.69) is 9.88 Å². The summed E-state index contributed by atoms with van der Waals surface area (Å²) < 4.78 is 21.5. The van der Waals surface area contributed by atoms with Gasteiger partial charge in [-0.05, 0) is 55.3 Å². The van der Waals surface area contributed by atoms with Crippen LogP contribution in [0.3, 0.4) is 0 Å². The Morgan fingerprint density at radius 3 is 2.52 bits per heavy atom. The molecule has 1 aromatic heterocycles. The summed E-state index contributed by atoms with van der Waals surface area (Å²) >= 11 is 0. The van der Waals surface area contributed by atoms with Crippen LogP contribution in [0.2, 0.25) is 0 Å². The van der Waals surface area contributed by atoms with Crippen LogP contribution in [-0.4, -0.2) is 29.1 Å². The van der Waals surface area contributed by atoms with Gasteiger partial charge >= 0.3 is 0 Å². The van der Waals surface area contributed by atoms with E-state index in [9.17, 15) is 9.18 Å². The lowest BCUT2D eigenvalue weighted by molar-refractivity contribution is 0.0953. The molecule has 0 aliphatic rings. The van der Waals surface area contributed by atoms with E-state index >= 15 is 0 Å². The summed E-state index contributed by atoms with van der Waals surface area (Å²) in [7, 11) is 1.60. The van der Waals surface area contributed by atoms with Crippen molar-refractivity contribution in [2.24, 2.45) is 0 Å². The predicted molar refractivity (Wildman–Crippen MR) is 128 cm³/mol. The summed E-state index contributed by atoms with van der Waals surface area (Å²) in [4.78, 5) is 17.0. The number of hydrogen-bond acceptors (Lipinski definition) is 3. The molecule has 33 heavy (non-hydrogen) atoms. The number of benzene rings is 3. The van der Waals surface area contributed by atoms with Gasteiger partial charge in [0.1, 0.15) is 17.4 Å². The fourth-order valence-corrected chi connectivity index (χ4v) is 3.92. The number of fused-ring (bicyclic) bond motifs is 1. The lowest BCUT2D eigenvalue weighted by Crippen LogP contribution is -2.24. The quantitative estimate of drug-likeness (QED) is 0.334. The SMILES string of the molecule is COc1ccc(C(=O)NCCCCCc2nc3ccccc3n2Cc2ccccc2F)cc1. The maximum Gasteiger partial charge on any atom is 0.251 e. The van der Waals surface area contributed by atoms with Crippen molar-refractivity contribution in [1.29, 1.82) is 0 Å². The number of amides is 1. The lowest BCUT2D eigenvalue weighted by Gasteiger charge is -2.10. The number of carbonyl (C=O) groups is 1. The van der Waals surface area contributed by atoms with Crippen LogP contribution >= 0.6 is 0 Å². The second-order valence-electron chi connectivity index (χ2n) is 7.99. The molecule has 3 aromatic carbocycles. The van der Waals surface area contributed by atoms with Crippen molar-refractivity contribution in [1.82, 2.24) is 14.9 Å². The number of nitrogens with zero attached hydrogens (tertiary/aromatic N) is 2. The standard InChI is InChI=1S/C27H28FN3O2/c1-33-22-16-14-20(15-17-22)27(32)29-18-8-2-3-13-26-30-24-11-6-7-12-25(24)31(26)19-21-9-4-5-10-23(21)28/h4-7,9-12,14-17H,2-3,8,13,18-19H2,1H3,(H,29,32). The van der Waals surface area contributed by atoms with Crippen molar-refractivity contribution >= 4 is 16.9 Å². The zero-order valence-electron chi connectivity index (χ0n) is 18.8. The minimum Gasteiger partial charge on any atom is -0.497 e. The number of halogens is 1. The number of carbonyl (C=O) groups excluding carboxylic acids is 1. The molecule has 0 saturated heterocycles. The van der Waals surface area contributed by atoms with Gasteiger partial charge in [-0.3, -0.25) is 4.79 Å². The van der Waals surface area contributed by atoms with E-state index in [-0.39, 0.29) is 11.7 Å². The van der Waals surface area contributed by atoms with Gasteiger partial charge in [0.05, 0.1) is 24.7 Å². The molecule has 1 N–H and O–H groups in total. The van der Waals surface area contributed by atoms with Gasteiger partial charge in [-0.15, -0.1) is 0 Å². The minimum absolute atomic E-state index is 0.0793. The summed E-state index contributed by atoms with van der Waals surface area (Å²) in [5.74, 6) is 1.41. The van der Waals surface area contributed by atoms with Gasteiger partial charge in [-0.1, -0.05) is 36.8 Å². The van der Waals surface area contributed by atoms with Crippen LogP contribution in [0.4, 0.5) is 4.39 Å². The molecule has 0 aliphatic carbocycles. The van der Waals surface area contributed by atoms with Gasteiger partial charge in [0.25, 0.3) is 5.91 Å². The molecule has 0 fully saturated rings. The molecule has 4 rings (SSSR count). The molecule has 0 radical (unpaired) electrons. The van der Waals surface area contributed by atoms with Crippen molar-refractivity contribution in [3.05, 3.63) is 95.6 Å². The third kappa shape index (κ3) is 5.58. The van der Waals surface area contributed by atoms with Gasteiger partial charge in [0, 0.05) is 24.1 Å². The monoisotopic (exact) mass is 445 g/mol. The molecule has 0 bridgehead atoms. The molecule has 4 aromatic rings. The summed E-state index contributed by atoms with van der Waals surface area (Å²) in [6.07, 6.45) is 3.59. The molecular weight excluding hydrogens is 417 g/mol. The minimum atomic E-state index is -0.200. The zero-order chi connectivity index (χ0) is 23.0. The van der Waals surface area contributed by atoms with E-state index in [1.54, 1.807) is 37.4 Å². The average Bonchev–Trinajstić information content (AvgIpc) is 3.19. The van der Waals surface area contributed by atoms with Gasteiger partial charge in [-0.2, -0.15) is 0 Å². The second-order valence-corrected chi connectivity index (χ2v) is 7.99. The molecule has 5 nitrogen and oxygen atoms in total. The van der Waals surface area contributed by atoms with Crippen LogP contribution in [0.25, 0.3) is 11.0 Å². The number of ether oxygens (including phenoxy) is 1. The Balaban J connectivity index is 1.31. The van der Waals surface area contributed by atoms with E-state index < -0.39 is 0 Å². The van der Waals surface area contributed by atoms with E-state index in [1.807, 2.05) is 36.4 Å². The molecular formula is C27H28FN3O2. The van der Waals surface area contributed by atoms with Crippen LogP contribution < -0.4 is 10.1 Å². The molecule has 0 unspecified atom stereocenters. The third-order valence-corrected chi connectivity index (χ3v) is 5.73. The number of methoxy groups -OCH3 is 1. The van der Waals surface area contributed by atoms with Gasteiger partial charge in [0.2, 0.25) is 0 Å². The van der Waals surface area contributed by atoms with Crippen molar-refractivity contribution in [3.8, 4) is 5.75 Å². The second kappa shape index (κ2) is 10.8. The first-order valence-corrected chi connectivity index (χ1v) is 11.3. The van der Waals surface area contributed by atoms with Gasteiger partial charge < -0.3 is 14.6 Å². The Bertz CT molecular complexity index is 1220. The lowest BCUT2D eigenvalue weighted by atomic mass is 10.1. The van der Waals surface area contributed by atoms with E-state index in [0.29, 0.717) is 24.2 Å². The first-order valence-electron chi connectivity index (χ1n) is 11.3. The van der Waals surface area contributed by atoms with Crippen LogP contribution in [0.1, 0.15) is 41.0 Å². The van der Waals surface area contributed by atoms with E-state index in [0.717, 1.165) is 48.3 Å². The number of unbranched alkanes of at least 4 members (excludes halogenated alkanes) is 2. The van der Waals surface area contributed by atoms with Crippen LogP contribution in [0, 0.1) is 5.82 Å². The number of nitrogens with one attached hydrogen (secondary N) is 1. The molecule has 0 saturated carbocycles. The average molecular weight is 446 g/mol. The maximum atomic E-state index is 14.3. The normalized spacial score (nSPS) is 11.0. The Labute approximate surface area is 193 Å². The van der Waals surface area contributed by atoms with E-state index in [1.165, 1.54) is 6.07 Å². The summed E-state index contributed by atoms with van der Waals surface area (Å²) in [5.41, 5.74) is 3.22. The predicted octanol–water partition coefficient (Wildman–Crippen LogP) is 5.38.